The van der Waals surface area contributed by atoms with Crippen molar-refractivity contribution >= 4 is 100 Å². The first kappa shape index (κ1) is 91.0. The van der Waals surface area contributed by atoms with Crippen LogP contribution in [0.4, 0.5) is 0 Å². The van der Waals surface area contributed by atoms with E-state index in [4.69, 9.17) is 68.9 Å². The molecule has 0 radical (unpaired) electrons. The van der Waals surface area contributed by atoms with Crippen LogP contribution in [0, 0.1) is 0 Å². The molecule has 0 unspecified atom stereocenters. The Labute approximate surface area is 822 Å². The molecule has 142 heavy (non-hydrogen) atoms. The number of ether oxygens (including phenoxy) is 2. The molecule has 4 aliphatic carbocycles. The Bertz CT molecular complexity index is 7470. The van der Waals surface area contributed by atoms with Crippen molar-refractivity contribution in [3.05, 3.63) is 288 Å². The normalized spacial score (nSPS) is 17.3. The molecule has 716 valence electrons. The van der Waals surface area contributed by atoms with Crippen molar-refractivity contribution in [3.8, 4) is 90.1 Å². The number of nitrogens with zero attached hydrogens (tertiary/aromatic N) is 8. The molecule has 8 heterocycles. The van der Waals surface area contributed by atoms with Gasteiger partial charge in [0.05, 0.1) is 128 Å². The van der Waals surface area contributed by atoms with Gasteiger partial charge in [0.15, 0.2) is 0 Å². The number of aryl methyl sites for hydroxylation is 4. The zero-order valence-corrected chi connectivity index (χ0v) is 80.7. The number of esters is 2. The van der Waals surface area contributed by atoms with Crippen LogP contribution >= 0.6 is 0 Å². The molecule has 8 aromatic heterocycles. The lowest BCUT2D eigenvalue weighted by Crippen LogP contribution is -2.67. The largest absolute Gasteiger partial charge is 0.466 e. The van der Waals surface area contributed by atoms with Gasteiger partial charge < -0.3 is 49.3 Å². The standard InChI is InChI=1S/C118H116N16O8/c1-5-137-109(135)23-15-13-21-107-121-91-51-35-79(61-99(91)125-107)83-39-55-95-103(65-83)133-113(129-95)75-29-45-87(46-30-75)117-68-115(85-41-25-73(26-42-85)111-127-93-53-37-81(63-101(93)131-111)77-33-49-89-97(59-77)123-105(119-89)19-11-9-17-57-141-139-7-3)67-116(69-117,86-43-27-74(28-44-86)112-128-94-54-38-82(64-102(94)132-112)78-34-50-90-98(60-78)124-106(120-90)20-12-10-18-58-142-140-8-4)71-118(70-115,72-117)88-47-31-76(32-48-88)114-130-96-56-40-84(66-104(96)134-114)80-36-52-92-100(62-80)126-108(122-92)22-14-16-24-110(136)138-6-2/h25-56,59-66H,5-24,57-58,67-72H2,1-4H3,(H,119,123)(H,120,124)(H,121,125)(H,122,126)(H,127,131)(H,128,132)(H,129,133)(H,130,134). The third-order valence-corrected chi connectivity index (χ3v) is 29.9. The fourth-order valence-electron chi connectivity index (χ4n) is 23.7. The average molecular weight is 1890 g/mol. The minimum absolute atomic E-state index is 0.154. The molecule has 4 saturated carbocycles. The number of fused-ring (bicyclic) bond motifs is 8. The zero-order chi connectivity index (χ0) is 95.9. The molecule has 0 amide bonds. The van der Waals surface area contributed by atoms with Crippen LogP contribution in [0.3, 0.4) is 0 Å². The number of unbranched alkanes of at least 4 members (excludes halogenated alkanes) is 6. The van der Waals surface area contributed by atoms with Gasteiger partial charge in [-0.15, -0.1) is 0 Å². The Morgan fingerprint density at radius 2 is 0.444 bits per heavy atom. The van der Waals surface area contributed by atoms with Crippen LogP contribution < -0.4 is 0 Å². The van der Waals surface area contributed by atoms with Crippen molar-refractivity contribution in [1.82, 2.24) is 79.7 Å². The molecule has 8 N–H and O–H groups in total. The van der Waals surface area contributed by atoms with Crippen LogP contribution in [0.2, 0.25) is 0 Å². The molecule has 4 bridgehead atoms. The van der Waals surface area contributed by atoms with Crippen molar-refractivity contribution in [1.29, 1.82) is 0 Å². The van der Waals surface area contributed by atoms with Gasteiger partial charge in [0.1, 0.15) is 46.6 Å². The molecule has 0 atom stereocenters. The Kier molecular flexibility index (Phi) is 25.0. The summed E-state index contributed by atoms with van der Waals surface area (Å²) in [5.74, 6) is 6.79. The fourth-order valence-corrected chi connectivity index (χ4v) is 23.7. The summed E-state index contributed by atoms with van der Waals surface area (Å²) in [6, 6.07) is 89.9. The number of aromatic amines is 8. The molecule has 12 aromatic carbocycles. The minimum atomic E-state index is -0.305. The summed E-state index contributed by atoms with van der Waals surface area (Å²) in [5.41, 5.74) is 32.2. The third kappa shape index (κ3) is 18.5. The predicted octanol–water partition coefficient (Wildman–Crippen LogP) is 26.4. The van der Waals surface area contributed by atoms with E-state index in [1.165, 1.54) is 22.3 Å². The Morgan fingerprint density at radius 3 is 0.669 bits per heavy atom. The summed E-state index contributed by atoms with van der Waals surface area (Å²) in [5, 5.41) is 0. The van der Waals surface area contributed by atoms with E-state index < -0.39 is 0 Å². The first-order valence-corrected chi connectivity index (χ1v) is 50.8. The fraction of sp³-hybridized carbons (Fsp3) is 0.305. The van der Waals surface area contributed by atoms with Crippen LogP contribution in [0.1, 0.15) is 189 Å². The third-order valence-electron chi connectivity index (χ3n) is 29.9. The molecule has 0 spiro atoms. The molecule has 0 saturated heterocycles. The first-order chi connectivity index (χ1) is 69.6. The number of benzene rings is 12. The van der Waals surface area contributed by atoms with Crippen LogP contribution in [0.15, 0.2) is 243 Å². The number of carbonyl (C=O) groups excluding carboxylic acids is 2. The number of imidazole rings is 8. The summed E-state index contributed by atoms with van der Waals surface area (Å²) >= 11 is 0. The van der Waals surface area contributed by atoms with Gasteiger partial charge in [-0.3, -0.25) is 9.59 Å². The second-order valence-corrected chi connectivity index (χ2v) is 39.5. The van der Waals surface area contributed by atoms with E-state index in [0.29, 0.717) is 52.5 Å². The topological polar surface area (TPSA) is 319 Å². The highest BCUT2D eigenvalue weighted by atomic mass is 17.2. The van der Waals surface area contributed by atoms with E-state index in [9.17, 15) is 9.59 Å². The Hall–Kier alpha value is -14.8. The molecule has 0 aliphatic heterocycles. The number of H-pyrrole nitrogens is 8. The van der Waals surface area contributed by atoms with E-state index in [0.717, 1.165) is 330 Å². The van der Waals surface area contributed by atoms with Crippen molar-refractivity contribution < 1.29 is 38.6 Å². The van der Waals surface area contributed by atoms with Gasteiger partial charge in [-0.05, 0) is 303 Å². The minimum Gasteiger partial charge on any atom is -0.466 e. The highest BCUT2D eigenvalue weighted by Crippen LogP contribution is 2.75. The van der Waals surface area contributed by atoms with Gasteiger partial charge >= 0.3 is 11.9 Å². The highest BCUT2D eigenvalue weighted by molar-refractivity contribution is 5.93. The molecule has 20 aromatic rings. The number of hydrogen-bond acceptors (Lipinski definition) is 16. The monoisotopic (exact) mass is 1880 g/mol. The molecule has 4 aliphatic rings. The van der Waals surface area contributed by atoms with Crippen LogP contribution in [-0.2, 0) is 86.0 Å². The average Bonchev–Trinajstić information content (AvgIpc) is 0.785. The lowest BCUT2D eigenvalue weighted by atomic mass is 9.32. The van der Waals surface area contributed by atoms with Crippen LogP contribution in [0.5, 0.6) is 0 Å². The maximum absolute atomic E-state index is 12.1. The lowest BCUT2D eigenvalue weighted by molar-refractivity contribution is -0.291. The van der Waals surface area contributed by atoms with Crippen molar-refractivity contribution in [3.63, 3.8) is 0 Å². The summed E-state index contributed by atoms with van der Waals surface area (Å²) in [7, 11) is 0. The SMILES string of the molecule is CCOOCCCCCc1nc2ccc(-c3ccc4nc(-c5ccc(C67CC8(c9ccc(-c%10nc%11ccc(-c%12ccc%13nc(CCCCCOOCC)[nH]c%13c%12)cc%11[nH]%10)cc9)CC(c9ccc(-c%10nc%11ccc(-c%12ccc%13nc(CCCCC(=O)OCC)[nH]c%13c%12)cc%11[nH]%10)cc9)(C6)CC(c6ccc(-c9nc%10ccc(-c%11ccc%12nc(CCCCC(=O)OCC)[nH]c%12c%11)cc%10[nH]9)cc6)(C7)C8)cc5)[nH]c4c3)cc2[nH]1. The first-order valence-electron chi connectivity index (χ1n) is 50.8. The number of carbonyl (C=O) groups is 2. The van der Waals surface area contributed by atoms with Crippen molar-refractivity contribution in [2.75, 3.05) is 39.6 Å². The molecule has 24 heteroatoms. The van der Waals surface area contributed by atoms with Gasteiger partial charge in [-0.25, -0.2) is 59.4 Å². The number of hydrogen-bond donors (Lipinski definition) is 8. The van der Waals surface area contributed by atoms with Gasteiger partial charge in [-0.2, -0.15) is 0 Å². The maximum atomic E-state index is 12.1. The van der Waals surface area contributed by atoms with E-state index in [-0.39, 0.29) is 33.6 Å². The Balaban J connectivity index is 0.582. The van der Waals surface area contributed by atoms with E-state index in [1.807, 2.05) is 27.7 Å². The highest BCUT2D eigenvalue weighted by Gasteiger charge is 2.69. The van der Waals surface area contributed by atoms with Gasteiger partial charge in [0, 0.05) is 60.8 Å². The van der Waals surface area contributed by atoms with Gasteiger partial charge in [0.2, 0.25) is 0 Å². The van der Waals surface area contributed by atoms with E-state index in [1.54, 1.807) is 0 Å². The predicted molar refractivity (Wildman–Crippen MR) is 560 cm³/mol. The molecular formula is C118H116N16O8. The summed E-state index contributed by atoms with van der Waals surface area (Å²) < 4.78 is 10.3. The van der Waals surface area contributed by atoms with E-state index >= 15 is 0 Å². The number of rotatable bonds is 40. The van der Waals surface area contributed by atoms with E-state index in [2.05, 4.69) is 283 Å². The molecular weight excluding hydrogens is 1770 g/mol. The molecule has 4 fully saturated rings. The lowest BCUT2D eigenvalue weighted by Gasteiger charge is -2.71. The smallest absolute Gasteiger partial charge is 0.305 e. The number of nitrogens with one attached hydrogen (secondary N) is 8. The second kappa shape index (κ2) is 39.0. The van der Waals surface area contributed by atoms with Crippen molar-refractivity contribution in [2.24, 2.45) is 0 Å². The summed E-state index contributed by atoms with van der Waals surface area (Å²) in [6.45, 7) is 10.6. The molecule has 24 nitrogen and oxygen atoms in total. The van der Waals surface area contributed by atoms with Crippen LogP contribution in [-0.4, -0.2) is 131 Å². The van der Waals surface area contributed by atoms with Crippen LogP contribution in [0.25, 0.3) is 178 Å². The molecule has 24 rings (SSSR count). The van der Waals surface area contributed by atoms with Crippen molar-refractivity contribution in [2.45, 2.75) is 191 Å². The number of aromatic nitrogens is 16. The summed E-state index contributed by atoms with van der Waals surface area (Å²) in [6.07, 6.45) is 18.9. The summed E-state index contributed by atoms with van der Waals surface area (Å²) in [4.78, 5) is 115. The Morgan fingerprint density at radius 1 is 0.232 bits per heavy atom. The van der Waals surface area contributed by atoms with Gasteiger partial charge in [0.25, 0.3) is 0 Å². The zero-order valence-electron chi connectivity index (χ0n) is 80.7. The maximum Gasteiger partial charge on any atom is 0.305 e. The second-order valence-electron chi connectivity index (χ2n) is 39.5. The quantitative estimate of drug-likeness (QED) is 0.00766. The van der Waals surface area contributed by atoms with Gasteiger partial charge in [-0.1, -0.05) is 158 Å².